The average molecular weight is 779 g/mol. The fourth-order valence-corrected chi connectivity index (χ4v) is 10.8. The lowest BCUT2D eigenvalue weighted by molar-refractivity contribution is -0.159. The lowest BCUT2D eigenvalue weighted by Gasteiger charge is -2.39. The van der Waals surface area contributed by atoms with Crippen LogP contribution in [0, 0.1) is 40.8 Å². The van der Waals surface area contributed by atoms with E-state index in [1.165, 1.54) is 83.5 Å². The Bertz CT molecular complexity index is 1940. The zero-order chi connectivity index (χ0) is 39.5. The summed E-state index contributed by atoms with van der Waals surface area (Å²) < 4.78 is 33.1. The molecule has 0 unspecified atom stereocenters. The third-order valence-corrected chi connectivity index (χ3v) is 14.2. The van der Waals surface area contributed by atoms with Crippen LogP contribution in [0.1, 0.15) is 119 Å². The zero-order valence-corrected chi connectivity index (χ0v) is 33.6. The number of ether oxygens (including phenoxy) is 3. The molecule has 8 nitrogen and oxygen atoms in total. The number of esters is 1. The molecule has 0 spiro atoms. The van der Waals surface area contributed by atoms with E-state index in [0.717, 1.165) is 22.8 Å². The summed E-state index contributed by atoms with van der Waals surface area (Å²) >= 11 is 0. The van der Waals surface area contributed by atoms with Gasteiger partial charge < -0.3 is 24.8 Å². The Labute approximate surface area is 336 Å². The van der Waals surface area contributed by atoms with Crippen LogP contribution in [0.3, 0.4) is 0 Å². The van der Waals surface area contributed by atoms with E-state index in [1.807, 2.05) is 43.3 Å². The number of halogens is 1. The third-order valence-electron chi connectivity index (χ3n) is 14.2. The maximum atomic E-state index is 15.5. The summed E-state index contributed by atoms with van der Waals surface area (Å²) in [7, 11) is 1.42. The monoisotopic (exact) mass is 778 g/mol. The smallest absolute Gasteiger partial charge is 0.312 e. The Morgan fingerprint density at radius 2 is 1.47 bits per heavy atom. The molecule has 4 atom stereocenters. The van der Waals surface area contributed by atoms with Crippen molar-refractivity contribution in [1.82, 2.24) is 10.6 Å². The molecule has 57 heavy (non-hydrogen) atoms. The Morgan fingerprint density at radius 3 is 2.16 bits per heavy atom. The van der Waals surface area contributed by atoms with Crippen LogP contribution in [0.25, 0.3) is 10.8 Å². The van der Waals surface area contributed by atoms with E-state index in [1.54, 1.807) is 0 Å². The summed E-state index contributed by atoms with van der Waals surface area (Å²) in [6.07, 6.45) is 19.1. The van der Waals surface area contributed by atoms with Gasteiger partial charge in [-0.15, -0.1) is 0 Å². The zero-order valence-electron chi connectivity index (χ0n) is 33.6. The molecule has 0 heterocycles. The Balaban J connectivity index is 0.904. The fourth-order valence-electron chi connectivity index (χ4n) is 10.8. The largest absolute Gasteiger partial charge is 0.496 e. The summed E-state index contributed by atoms with van der Waals surface area (Å²) in [5.41, 5.74) is 0.427. The second-order valence-corrected chi connectivity index (χ2v) is 17.9. The first-order valence-electron chi connectivity index (χ1n) is 21.7. The second-order valence-electron chi connectivity index (χ2n) is 17.9. The van der Waals surface area contributed by atoms with Crippen molar-refractivity contribution in [2.75, 3.05) is 7.11 Å². The number of methoxy groups -OCH3 is 1. The van der Waals surface area contributed by atoms with Crippen molar-refractivity contribution >= 4 is 28.6 Å². The molecule has 0 aromatic heterocycles. The molecule has 2 bridgehead atoms. The lowest BCUT2D eigenvalue weighted by Crippen LogP contribution is -2.54. The van der Waals surface area contributed by atoms with E-state index in [9.17, 15) is 14.4 Å². The van der Waals surface area contributed by atoms with E-state index in [0.29, 0.717) is 37.5 Å². The maximum absolute atomic E-state index is 15.5. The van der Waals surface area contributed by atoms with Gasteiger partial charge in [-0.3, -0.25) is 14.4 Å². The van der Waals surface area contributed by atoms with Crippen LogP contribution in [-0.2, 0) is 20.9 Å². The van der Waals surface area contributed by atoms with Gasteiger partial charge in [-0.1, -0.05) is 87.1 Å². The minimum atomic E-state index is -0.676. The van der Waals surface area contributed by atoms with Crippen LogP contribution in [0.15, 0.2) is 66.7 Å². The number of hydrogen-bond acceptors (Lipinski definition) is 6. The number of fused-ring (bicyclic) bond motifs is 3. The number of carbonyl (C=O) groups is 3. The van der Waals surface area contributed by atoms with Gasteiger partial charge in [-0.2, -0.15) is 0 Å². The van der Waals surface area contributed by atoms with Crippen molar-refractivity contribution in [1.29, 1.82) is 0 Å². The summed E-state index contributed by atoms with van der Waals surface area (Å²) in [5.74, 6) is -0.363. The van der Waals surface area contributed by atoms with Gasteiger partial charge in [0.25, 0.3) is 5.91 Å². The van der Waals surface area contributed by atoms with Gasteiger partial charge in [0.2, 0.25) is 5.91 Å². The molecule has 4 saturated carbocycles. The standard InChI is InChI=1S/C48H59FN2O6/c1-48(47(54)56-29-30-17-18-31-11-9-10-16-34(31)25-30)23-21-37(22-24-48)57-41-27-38(40(55-2)28-39(41)49)45(52)51-44-36-20-19-35(26-36)42(44)46(53)50-43(32-12-5-3-6-13-32)33-14-7-4-8-15-33/h9-11,16-20,25,27-28,32-33,35-37,42-44H,3-8,12-15,21-24,26,29H2,1-2H3,(H,50,53)(H,51,52)/t35-,36+,37?,42+,44-,48?/m1/s1. The molecular weight excluding hydrogens is 720 g/mol. The van der Waals surface area contributed by atoms with Crippen molar-refractivity contribution in [2.45, 2.75) is 128 Å². The third kappa shape index (κ3) is 8.59. The summed E-state index contributed by atoms with van der Waals surface area (Å²) in [4.78, 5) is 41.7. The Hall–Kier alpha value is -4.40. The van der Waals surface area contributed by atoms with Gasteiger partial charge in [0.05, 0.1) is 30.1 Å². The second kappa shape index (κ2) is 17.2. The van der Waals surface area contributed by atoms with Crippen LogP contribution < -0.4 is 20.1 Å². The van der Waals surface area contributed by atoms with Crippen molar-refractivity contribution < 1.29 is 33.0 Å². The first-order chi connectivity index (χ1) is 27.7. The van der Waals surface area contributed by atoms with Gasteiger partial charge in [-0.05, 0) is 117 Å². The number of hydrogen-bond donors (Lipinski definition) is 2. The summed E-state index contributed by atoms with van der Waals surface area (Å²) in [5, 5.41) is 9.04. The molecule has 304 valence electrons. The van der Waals surface area contributed by atoms with Gasteiger partial charge in [0.1, 0.15) is 12.4 Å². The van der Waals surface area contributed by atoms with Gasteiger partial charge in [0, 0.05) is 18.2 Å². The number of nitrogens with one attached hydrogen (secondary N) is 2. The molecule has 0 saturated heterocycles. The molecule has 9 heteroatoms. The molecule has 5 aliphatic rings. The SMILES string of the molecule is COc1cc(F)c(OC2CCC(C)(C(=O)OCc3ccc4ccccc4c3)CC2)cc1C(=O)N[C@H]1[C@@H](C(=O)NC(C2CCCCC2)C2CCCCC2)[C@@H]2C=C[C@H]1C2. The predicted octanol–water partition coefficient (Wildman–Crippen LogP) is 9.62. The van der Waals surface area contributed by atoms with Gasteiger partial charge >= 0.3 is 5.97 Å². The number of rotatable bonds is 12. The molecule has 0 aliphatic heterocycles. The quantitative estimate of drug-likeness (QED) is 0.140. The van der Waals surface area contributed by atoms with Crippen LogP contribution >= 0.6 is 0 Å². The summed E-state index contributed by atoms with van der Waals surface area (Å²) in [6, 6.07) is 16.6. The van der Waals surface area contributed by atoms with E-state index in [-0.39, 0.29) is 71.5 Å². The van der Waals surface area contributed by atoms with Crippen LogP contribution in [0.4, 0.5) is 4.39 Å². The van der Waals surface area contributed by atoms with Crippen molar-refractivity contribution in [3.63, 3.8) is 0 Å². The van der Waals surface area contributed by atoms with E-state index < -0.39 is 17.1 Å². The minimum absolute atomic E-state index is 0.0293. The van der Waals surface area contributed by atoms with E-state index in [2.05, 4.69) is 28.9 Å². The van der Waals surface area contributed by atoms with Crippen LogP contribution in [-0.4, -0.2) is 43.1 Å². The van der Waals surface area contributed by atoms with Gasteiger partial charge in [0.15, 0.2) is 11.6 Å². The normalized spacial score (nSPS) is 27.7. The topological polar surface area (TPSA) is 103 Å². The first-order valence-corrected chi connectivity index (χ1v) is 21.7. The van der Waals surface area contributed by atoms with Crippen molar-refractivity contribution in [3.05, 3.63) is 83.7 Å². The average Bonchev–Trinajstić information content (AvgIpc) is 3.86. The van der Waals surface area contributed by atoms with Crippen LogP contribution in [0.5, 0.6) is 11.5 Å². The van der Waals surface area contributed by atoms with Crippen molar-refractivity contribution in [3.8, 4) is 11.5 Å². The molecule has 0 radical (unpaired) electrons. The highest BCUT2D eigenvalue weighted by atomic mass is 19.1. The highest BCUT2D eigenvalue weighted by Crippen LogP contribution is 2.45. The Morgan fingerprint density at radius 1 is 0.807 bits per heavy atom. The van der Waals surface area contributed by atoms with Crippen LogP contribution in [0.2, 0.25) is 0 Å². The van der Waals surface area contributed by atoms with E-state index >= 15 is 4.39 Å². The molecule has 2 N–H and O–H groups in total. The minimum Gasteiger partial charge on any atom is -0.496 e. The maximum Gasteiger partial charge on any atom is 0.312 e. The first kappa shape index (κ1) is 39.4. The highest BCUT2D eigenvalue weighted by Gasteiger charge is 2.50. The number of amides is 2. The van der Waals surface area contributed by atoms with Gasteiger partial charge in [-0.25, -0.2) is 4.39 Å². The van der Waals surface area contributed by atoms with E-state index in [4.69, 9.17) is 14.2 Å². The molecule has 5 aliphatic carbocycles. The molecule has 3 aromatic carbocycles. The predicted molar refractivity (Wildman–Crippen MR) is 218 cm³/mol. The highest BCUT2D eigenvalue weighted by molar-refractivity contribution is 5.98. The molecular formula is C48H59FN2O6. The molecule has 3 aromatic rings. The summed E-state index contributed by atoms with van der Waals surface area (Å²) in [6.45, 7) is 2.12. The number of benzene rings is 3. The Kier molecular flexibility index (Phi) is 11.9. The van der Waals surface area contributed by atoms with Crippen molar-refractivity contribution in [2.24, 2.45) is 35.0 Å². The molecule has 2 amide bonds. The fraction of sp³-hybridized carbons (Fsp3) is 0.562. The number of allylic oxidation sites excluding steroid dienone is 1. The molecule has 4 fully saturated rings. The molecule has 8 rings (SSSR count). The lowest BCUT2D eigenvalue weighted by atomic mass is 9.73. The number of carbonyl (C=O) groups excluding carboxylic acids is 3.